The third kappa shape index (κ3) is 2.31. The fourth-order valence-electron chi connectivity index (χ4n) is 2.25. The average Bonchev–Trinajstić information content (AvgIpc) is 2.50. The molecule has 0 aliphatic carbocycles. The van der Waals surface area contributed by atoms with Crippen LogP contribution in [-0.4, -0.2) is 41.3 Å². The molecule has 1 saturated heterocycles. The number of likely N-dealkylation sites (tertiary alicyclic amines) is 1. The van der Waals surface area contributed by atoms with Gasteiger partial charge in [0.15, 0.2) is 0 Å². The van der Waals surface area contributed by atoms with Crippen LogP contribution in [-0.2, 0) is 0 Å². The summed E-state index contributed by atoms with van der Waals surface area (Å²) in [4.78, 5) is 2.38. The first-order valence-corrected chi connectivity index (χ1v) is 5.63. The highest BCUT2D eigenvalue weighted by atomic mass is 15.2. The number of aromatic amines is 1. The summed E-state index contributed by atoms with van der Waals surface area (Å²) in [6.45, 7) is 6.46. The van der Waals surface area contributed by atoms with Gasteiger partial charge in [0.2, 0.25) is 0 Å². The second kappa shape index (κ2) is 4.23. The quantitative estimate of drug-likeness (QED) is 0.774. The SMILES string of the molecule is Cc1n[nH]c(C)c1NC1CCCN(C)C1. The van der Waals surface area contributed by atoms with Crippen LogP contribution in [0, 0.1) is 13.8 Å². The van der Waals surface area contributed by atoms with E-state index in [1.807, 2.05) is 6.92 Å². The van der Waals surface area contributed by atoms with Gasteiger partial charge in [-0.1, -0.05) is 0 Å². The maximum atomic E-state index is 4.20. The van der Waals surface area contributed by atoms with E-state index in [1.54, 1.807) is 0 Å². The Labute approximate surface area is 91.1 Å². The number of likely N-dealkylation sites (N-methyl/N-ethyl adjacent to an activating group) is 1. The second-order valence-corrected chi connectivity index (χ2v) is 4.55. The van der Waals surface area contributed by atoms with Crippen LogP contribution >= 0.6 is 0 Å². The van der Waals surface area contributed by atoms with Gasteiger partial charge in [0.05, 0.1) is 17.1 Å². The lowest BCUT2D eigenvalue weighted by Crippen LogP contribution is -2.39. The molecule has 1 aromatic rings. The first kappa shape index (κ1) is 10.5. The molecule has 4 heteroatoms. The van der Waals surface area contributed by atoms with Crippen LogP contribution in [0.2, 0.25) is 0 Å². The minimum absolute atomic E-state index is 0.568. The number of hydrogen-bond acceptors (Lipinski definition) is 3. The maximum absolute atomic E-state index is 4.20. The van der Waals surface area contributed by atoms with Crippen LogP contribution < -0.4 is 5.32 Å². The van der Waals surface area contributed by atoms with Crippen molar-refractivity contribution in [1.29, 1.82) is 0 Å². The molecule has 2 rings (SSSR count). The molecule has 4 nitrogen and oxygen atoms in total. The molecule has 2 heterocycles. The Balaban J connectivity index is 2.02. The highest BCUT2D eigenvalue weighted by Crippen LogP contribution is 2.20. The van der Waals surface area contributed by atoms with Crippen LogP contribution in [0.5, 0.6) is 0 Å². The van der Waals surface area contributed by atoms with Crippen molar-refractivity contribution in [3.8, 4) is 0 Å². The summed E-state index contributed by atoms with van der Waals surface area (Å²) in [6.07, 6.45) is 2.54. The highest BCUT2D eigenvalue weighted by Gasteiger charge is 2.18. The molecule has 0 spiro atoms. The molecule has 1 aliphatic rings. The van der Waals surface area contributed by atoms with Gasteiger partial charge in [-0.05, 0) is 40.3 Å². The molecule has 0 aromatic carbocycles. The monoisotopic (exact) mass is 208 g/mol. The first-order valence-electron chi connectivity index (χ1n) is 5.63. The van der Waals surface area contributed by atoms with Gasteiger partial charge in [-0.25, -0.2) is 0 Å². The molecule has 0 saturated carbocycles. The molecular formula is C11H20N4. The first-order chi connectivity index (χ1) is 7.16. The molecule has 2 N–H and O–H groups in total. The zero-order valence-electron chi connectivity index (χ0n) is 9.80. The van der Waals surface area contributed by atoms with Gasteiger partial charge in [-0.3, -0.25) is 5.10 Å². The summed E-state index contributed by atoms with van der Waals surface area (Å²) >= 11 is 0. The van der Waals surface area contributed by atoms with Crippen LogP contribution in [0.1, 0.15) is 24.2 Å². The number of H-pyrrole nitrogens is 1. The summed E-state index contributed by atoms with van der Waals surface area (Å²) in [5.74, 6) is 0. The summed E-state index contributed by atoms with van der Waals surface area (Å²) < 4.78 is 0. The van der Waals surface area contributed by atoms with Crippen molar-refractivity contribution >= 4 is 5.69 Å². The molecular weight excluding hydrogens is 188 g/mol. The van der Waals surface area contributed by atoms with Crippen molar-refractivity contribution < 1.29 is 0 Å². The molecule has 84 valence electrons. The normalized spacial score (nSPS) is 23.0. The van der Waals surface area contributed by atoms with Gasteiger partial charge >= 0.3 is 0 Å². The Morgan fingerprint density at radius 2 is 2.27 bits per heavy atom. The van der Waals surface area contributed by atoms with Crippen molar-refractivity contribution in [2.45, 2.75) is 32.7 Å². The van der Waals surface area contributed by atoms with Gasteiger partial charge in [-0.2, -0.15) is 5.10 Å². The lowest BCUT2D eigenvalue weighted by atomic mass is 10.1. The van der Waals surface area contributed by atoms with E-state index in [4.69, 9.17) is 0 Å². The van der Waals surface area contributed by atoms with Gasteiger partial charge in [0.1, 0.15) is 0 Å². The number of rotatable bonds is 2. The third-order valence-electron chi connectivity index (χ3n) is 3.10. The molecule has 1 aromatic heterocycles. The fraction of sp³-hybridized carbons (Fsp3) is 0.727. The summed E-state index contributed by atoms with van der Waals surface area (Å²) in [5, 5.41) is 10.8. The van der Waals surface area contributed by atoms with Gasteiger partial charge < -0.3 is 10.2 Å². The standard InChI is InChI=1S/C11H20N4/c1-8-11(9(2)14-13-8)12-10-5-4-6-15(3)7-10/h10,12H,4-7H2,1-3H3,(H,13,14). The zero-order valence-corrected chi connectivity index (χ0v) is 9.80. The van der Waals surface area contributed by atoms with E-state index in [0.29, 0.717) is 6.04 Å². The van der Waals surface area contributed by atoms with Crippen molar-refractivity contribution in [2.24, 2.45) is 0 Å². The van der Waals surface area contributed by atoms with E-state index in [-0.39, 0.29) is 0 Å². The zero-order chi connectivity index (χ0) is 10.8. The van der Waals surface area contributed by atoms with Crippen LogP contribution in [0.4, 0.5) is 5.69 Å². The van der Waals surface area contributed by atoms with E-state index in [2.05, 4.69) is 34.4 Å². The van der Waals surface area contributed by atoms with E-state index >= 15 is 0 Å². The van der Waals surface area contributed by atoms with Crippen molar-refractivity contribution in [3.63, 3.8) is 0 Å². The van der Waals surface area contributed by atoms with E-state index in [1.165, 1.54) is 25.1 Å². The number of nitrogens with one attached hydrogen (secondary N) is 2. The van der Waals surface area contributed by atoms with Crippen molar-refractivity contribution in [1.82, 2.24) is 15.1 Å². The molecule has 1 aliphatic heterocycles. The Morgan fingerprint density at radius 3 is 2.87 bits per heavy atom. The summed E-state index contributed by atoms with van der Waals surface area (Å²) in [5.41, 5.74) is 3.40. The van der Waals surface area contributed by atoms with Crippen LogP contribution in [0.15, 0.2) is 0 Å². The van der Waals surface area contributed by atoms with Crippen molar-refractivity contribution in [2.75, 3.05) is 25.5 Å². The molecule has 0 radical (unpaired) electrons. The summed E-state index contributed by atoms with van der Waals surface area (Å²) in [7, 11) is 2.18. The van der Waals surface area contributed by atoms with Crippen molar-refractivity contribution in [3.05, 3.63) is 11.4 Å². The summed E-state index contributed by atoms with van der Waals surface area (Å²) in [6, 6.07) is 0.568. The molecule has 15 heavy (non-hydrogen) atoms. The molecule has 1 unspecified atom stereocenters. The molecule has 0 amide bonds. The van der Waals surface area contributed by atoms with Gasteiger partial charge in [0.25, 0.3) is 0 Å². The smallest absolute Gasteiger partial charge is 0.0825 e. The minimum Gasteiger partial charge on any atom is -0.378 e. The lowest BCUT2D eigenvalue weighted by molar-refractivity contribution is 0.261. The van der Waals surface area contributed by atoms with Crippen LogP contribution in [0.25, 0.3) is 0 Å². The van der Waals surface area contributed by atoms with Gasteiger partial charge in [-0.15, -0.1) is 0 Å². The molecule has 0 bridgehead atoms. The maximum Gasteiger partial charge on any atom is 0.0825 e. The number of hydrogen-bond donors (Lipinski definition) is 2. The highest BCUT2D eigenvalue weighted by molar-refractivity contribution is 5.52. The Morgan fingerprint density at radius 1 is 1.47 bits per heavy atom. The number of anilines is 1. The molecule has 1 fully saturated rings. The number of piperidine rings is 1. The third-order valence-corrected chi connectivity index (χ3v) is 3.10. The van der Waals surface area contributed by atoms with E-state index < -0.39 is 0 Å². The van der Waals surface area contributed by atoms with E-state index in [0.717, 1.165) is 17.9 Å². The topological polar surface area (TPSA) is 44.0 Å². The Kier molecular flexibility index (Phi) is 2.95. The Hall–Kier alpha value is -1.03. The largest absolute Gasteiger partial charge is 0.378 e. The van der Waals surface area contributed by atoms with E-state index in [9.17, 15) is 0 Å². The number of aromatic nitrogens is 2. The predicted octanol–water partition coefficient (Wildman–Crippen LogP) is 1.53. The number of nitrogens with zero attached hydrogens (tertiary/aromatic N) is 2. The second-order valence-electron chi connectivity index (χ2n) is 4.55. The Bertz CT molecular complexity index is 312. The lowest BCUT2D eigenvalue weighted by Gasteiger charge is -2.30. The molecule has 1 atom stereocenters. The number of aryl methyl sites for hydroxylation is 2. The average molecular weight is 208 g/mol. The minimum atomic E-state index is 0.568. The fourth-order valence-corrected chi connectivity index (χ4v) is 2.25. The predicted molar refractivity (Wildman–Crippen MR) is 62.2 cm³/mol. The van der Waals surface area contributed by atoms with Gasteiger partial charge in [0, 0.05) is 12.6 Å². The van der Waals surface area contributed by atoms with Crippen LogP contribution in [0.3, 0.4) is 0 Å².